The lowest BCUT2D eigenvalue weighted by Crippen LogP contribution is -2.13. The number of aryl methyl sites for hydroxylation is 3. The summed E-state index contributed by atoms with van der Waals surface area (Å²) in [5.74, 6) is 0.583. The first-order valence-corrected chi connectivity index (χ1v) is 6.73. The van der Waals surface area contributed by atoms with Gasteiger partial charge in [-0.05, 0) is 37.0 Å². The van der Waals surface area contributed by atoms with Gasteiger partial charge in [0, 0.05) is 11.3 Å². The number of hydrogen-bond acceptors (Lipinski definition) is 4. The molecule has 4 nitrogen and oxygen atoms in total. The van der Waals surface area contributed by atoms with Gasteiger partial charge in [0.15, 0.2) is 0 Å². The Labute approximate surface area is 112 Å². The zero-order valence-corrected chi connectivity index (χ0v) is 11.1. The van der Waals surface area contributed by atoms with E-state index in [1.54, 1.807) is 0 Å². The maximum Gasteiger partial charge on any atom is 0.145 e. The largest absolute Gasteiger partial charge is 0.399 e. The second-order valence-corrected chi connectivity index (χ2v) is 5.02. The minimum absolute atomic E-state index is 0.583. The van der Waals surface area contributed by atoms with E-state index >= 15 is 0 Å². The van der Waals surface area contributed by atoms with Crippen LogP contribution in [0.5, 0.6) is 0 Å². The van der Waals surface area contributed by atoms with E-state index in [1.807, 2.05) is 18.2 Å². The molecule has 3 rings (SSSR count). The van der Waals surface area contributed by atoms with E-state index in [9.17, 15) is 0 Å². The Morgan fingerprint density at radius 3 is 2.79 bits per heavy atom. The van der Waals surface area contributed by atoms with Gasteiger partial charge in [0.1, 0.15) is 5.82 Å². The molecule has 1 heterocycles. The molecule has 19 heavy (non-hydrogen) atoms. The van der Waals surface area contributed by atoms with Crippen LogP contribution in [-0.2, 0) is 19.3 Å². The van der Waals surface area contributed by atoms with Gasteiger partial charge in [-0.3, -0.25) is 0 Å². The quantitative estimate of drug-likeness (QED) is 0.806. The summed E-state index contributed by atoms with van der Waals surface area (Å²) < 4.78 is 0. The van der Waals surface area contributed by atoms with Crippen LogP contribution in [0.1, 0.15) is 30.3 Å². The Kier molecular flexibility index (Phi) is 2.85. The summed E-state index contributed by atoms with van der Waals surface area (Å²) in [6, 6.07) is 6.00. The molecule has 0 amide bonds. The first kappa shape index (κ1) is 12.0. The van der Waals surface area contributed by atoms with Gasteiger partial charge in [-0.2, -0.15) is 0 Å². The predicted octanol–water partition coefficient (Wildman–Crippen LogP) is 2.36. The van der Waals surface area contributed by atoms with Gasteiger partial charge >= 0.3 is 0 Å². The lowest BCUT2D eigenvalue weighted by atomic mass is 9.91. The molecule has 1 aliphatic carbocycles. The average Bonchev–Trinajstić information content (AvgIpc) is 2.39. The number of rotatable bonds is 2. The molecule has 1 aliphatic rings. The summed E-state index contributed by atoms with van der Waals surface area (Å²) in [5, 5.41) is 0. The molecule has 1 aromatic carbocycles. The highest BCUT2D eigenvalue weighted by molar-refractivity contribution is 5.71. The van der Waals surface area contributed by atoms with Crippen LogP contribution in [0.4, 0.5) is 11.5 Å². The number of hydrogen-bond donors (Lipinski definition) is 2. The summed E-state index contributed by atoms with van der Waals surface area (Å²) in [5.41, 5.74) is 17.9. The number of benzene rings is 1. The SMILES string of the molecule is CCCc1nc2c(nc1N)CCc1cc(N)ccc1-2. The summed E-state index contributed by atoms with van der Waals surface area (Å²) in [6.07, 6.45) is 3.73. The fraction of sp³-hybridized carbons (Fsp3) is 0.333. The predicted molar refractivity (Wildman–Crippen MR) is 77.7 cm³/mol. The number of nitrogen functional groups attached to an aromatic ring is 2. The third kappa shape index (κ3) is 2.03. The maximum atomic E-state index is 5.98. The van der Waals surface area contributed by atoms with Crippen molar-refractivity contribution in [3.05, 3.63) is 35.2 Å². The van der Waals surface area contributed by atoms with Gasteiger partial charge in [0.2, 0.25) is 0 Å². The normalized spacial score (nSPS) is 12.9. The molecule has 0 fully saturated rings. The number of nitrogens with two attached hydrogens (primary N) is 2. The van der Waals surface area contributed by atoms with Crippen molar-refractivity contribution in [2.45, 2.75) is 32.6 Å². The Morgan fingerprint density at radius 2 is 2.00 bits per heavy atom. The second-order valence-electron chi connectivity index (χ2n) is 5.02. The minimum Gasteiger partial charge on any atom is -0.399 e. The van der Waals surface area contributed by atoms with Gasteiger partial charge in [0.25, 0.3) is 0 Å². The molecular formula is C15H18N4. The Bertz CT molecular complexity index is 634. The van der Waals surface area contributed by atoms with E-state index in [2.05, 4.69) is 11.9 Å². The van der Waals surface area contributed by atoms with E-state index in [0.717, 1.165) is 54.0 Å². The number of anilines is 2. The monoisotopic (exact) mass is 254 g/mol. The van der Waals surface area contributed by atoms with Gasteiger partial charge in [-0.15, -0.1) is 0 Å². The van der Waals surface area contributed by atoms with Crippen LogP contribution in [0.3, 0.4) is 0 Å². The summed E-state index contributed by atoms with van der Waals surface area (Å²) >= 11 is 0. The van der Waals surface area contributed by atoms with Crippen LogP contribution in [0.15, 0.2) is 18.2 Å². The molecule has 0 radical (unpaired) electrons. The van der Waals surface area contributed by atoms with Crippen LogP contribution >= 0.6 is 0 Å². The van der Waals surface area contributed by atoms with Crippen LogP contribution in [0.2, 0.25) is 0 Å². The third-order valence-electron chi connectivity index (χ3n) is 3.57. The third-order valence-corrected chi connectivity index (χ3v) is 3.57. The van der Waals surface area contributed by atoms with E-state index in [-0.39, 0.29) is 0 Å². The van der Waals surface area contributed by atoms with Gasteiger partial charge in [0.05, 0.1) is 17.1 Å². The first-order chi connectivity index (χ1) is 9.19. The zero-order valence-electron chi connectivity index (χ0n) is 11.1. The van der Waals surface area contributed by atoms with Gasteiger partial charge in [-0.1, -0.05) is 19.4 Å². The summed E-state index contributed by atoms with van der Waals surface area (Å²) in [7, 11) is 0. The van der Waals surface area contributed by atoms with Crippen LogP contribution in [-0.4, -0.2) is 9.97 Å². The number of nitrogens with zero attached hydrogens (tertiary/aromatic N) is 2. The number of aromatic nitrogens is 2. The number of fused-ring (bicyclic) bond motifs is 3. The van der Waals surface area contributed by atoms with E-state index in [4.69, 9.17) is 16.5 Å². The van der Waals surface area contributed by atoms with Gasteiger partial charge in [-0.25, -0.2) is 9.97 Å². The van der Waals surface area contributed by atoms with Crippen LogP contribution in [0.25, 0.3) is 11.3 Å². The Morgan fingerprint density at radius 1 is 1.16 bits per heavy atom. The molecule has 4 heteroatoms. The van der Waals surface area contributed by atoms with Crippen molar-refractivity contribution in [3.8, 4) is 11.3 Å². The maximum absolute atomic E-state index is 5.98. The average molecular weight is 254 g/mol. The van der Waals surface area contributed by atoms with Gasteiger partial charge < -0.3 is 11.5 Å². The van der Waals surface area contributed by atoms with Crippen molar-refractivity contribution in [1.29, 1.82) is 0 Å². The Balaban J connectivity index is 2.16. The van der Waals surface area contributed by atoms with Crippen molar-refractivity contribution < 1.29 is 0 Å². The molecule has 1 aromatic heterocycles. The summed E-state index contributed by atoms with van der Waals surface area (Å²) in [4.78, 5) is 9.28. The Hall–Kier alpha value is -2.10. The highest BCUT2D eigenvalue weighted by Gasteiger charge is 2.20. The van der Waals surface area contributed by atoms with Crippen molar-refractivity contribution in [3.63, 3.8) is 0 Å². The fourth-order valence-corrected chi connectivity index (χ4v) is 2.63. The van der Waals surface area contributed by atoms with Crippen LogP contribution in [0, 0.1) is 0 Å². The highest BCUT2D eigenvalue weighted by atomic mass is 14.9. The van der Waals surface area contributed by atoms with Crippen LogP contribution < -0.4 is 11.5 Å². The molecule has 0 atom stereocenters. The molecule has 98 valence electrons. The molecule has 0 saturated heterocycles. The lowest BCUT2D eigenvalue weighted by molar-refractivity contribution is 0.836. The van der Waals surface area contributed by atoms with E-state index in [1.165, 1.54) is 5.56 Å². The highest BCUT2D eigenvalue weighted by Crippen LogP contribution is 2.33. The minimum atomic E-state index is 0.583. The second kappa shape index (κ2) is 4.53. The molecule has 2 aromatic rings. The molecule has 4 N–H and O–H groups in total. The summed E-state index contributed by atoms with van der Waals surface area (Å²) in [6.45, 7) is 2.12. The lowest BCUT2D eigenvalue weighted by Gasteiger charge is -2.20. The molecule has 0 saturated carbocycles. The van der Waals surface area contributed by atoms with E-state index < -0.39 is 0 Å². The van der Waals surface area contributed by atoms with Crippen molar-refractivity contribution in [2.75, 3.05) is 11.5 Å². The molecule has 0 spiro atoms. The van der Waals surface area contributed by atoms with Crippen molar-refractivity contribution in [2.24, 2.45) is 0 Å². The molecule has 0 bridgehead atoms. The molecule has 0 aliphatic heterocycles. The zero-order chi connectivity index (χ0) is 13.4. The molecular weight excluding hydrogens is 236 g/mol. The fourth-order valence-electron chi connectivity index (χ4n) is 2.63. The van der Waals surface area contributed by atoms with Crippen molar-refractivity contribution in [1.82, 2.24) is 9.97 Å². The topological polar surface area (TPSA) is 77.8 Å². The standard InChI is InChI=1S/C15H18N4/c1-2-3-13-15(17)19-12-7-4-9-8-10(16)5-6-11(9)14(12)18-13/h5-6,8H,2-4,7,16H2,1H3,(H2,17,19). The van der Waals surface area contributed by atoms with Crippen molar-refractivity contribution >= 4 is 11.5 Å². The van der Waals surface area contributed by atoms with E-state index in [0.29, 0.717) is 5.82 Å². The first-order valence-electron chi connectivity index (χ1n) is 6.73. The smallest absolute Gasteiger partial charge is 0.145 e. The molecule has 0 unspecified atom stereocenters.